The van der Waals surface area contributed by atoms with Crippen molar-refractivity contribution >= 4 is 23.9 Å². The number of carbonyl (C=O) groups is 4. The predicted octanol–water partition coefficient (Wildman–Crippen LogP) is -1.75. The largest absolute Gasteiger partial charge is 0.473 e. The summed E-state index contributed by atoms with van der Waals surface area (Å²) in [6, 6.07) is 0. The molecular formula is C8H6O8. The van der Waals surface area contributed by atoms with Gasteiger partial charge in [0.25, 0.3) is 0 Å². The standard InChI is InChI=1S/C8H6O8/c9-5(10)7(13)15-3-1-2-4-16-8(14)6(11)12/h3-4H2,(H,9,10)(H,11,12). The zero-order chi connectivity index (χ0) is 12.6. The number of hydrogen-bond acceptors (Lipinski definition) is 6. The minimum Gasteiger partial charge on any atom is -0.473 e. The van der Waals surface area contributed by atoms with Crippen LogP contribution >= 0.6 is 0 Å². The summed E-state index contributed by atoms with van der Waals surface area (Å²) in [5.74, 6) is -2.15. The second-order valence-corrected chi connectivity index (χ2v) is 2.12. The summed E-state index contributed by atoms with van der Waals surface area (Å²) in [7, 11) is 0. The third-order valence-electron chi connectivity index (χ3n) is 1.03. The van der Waals surface area contributed by atoms with Gasteiger partial charge in [0, 0.05) is 0 Å². The molecule has 0 heterocycles. The fraction of sp³-hybridized carbons (Fsp3) is 0.250. The first-order valence-corrected chi connectivity index (χ1v) is 3.71. The summed E-state index contributed by atoms with van der Waals surface area (Å²) >= 11 is 0. The van der Waals surface area contributed by atoms with Crippen LogP contribution in [0.4, 0.5) is 0 Å². The molecule has 0 spiro atoms. The summed E-state index contributed by atoms with van der Waals surface area (Å²) in [6.45, 7) is -0.981. The normalized spacial score (nSPS) is 8.25. The maximum atomic E-state index is 10.3. The molecule has 8 heteroatoms. The number of rotatable bonds is 2. The second-order valence-electron chi connectivity index (χ2n) is 2.12. The average Bonchev–Trinajstić information content (AvgIpc) is 2.21. The maximum Gasteiger partial charge on any atom is 0.418 e. The molecule has 0 aromatic rings. The number of carboxylic acid groups (broad SMARTS) is 2. The van der Waals surface area contributed by atoms with Crippen LogP contribution in [0.25, 0.3) is 0 Å². The van der Waals surface area contributed by atoms with E-state index in [4.69, 9.17) is 10.2 Å². The van der Waals surface area contributed by atoms with E-state index in [1.165, 1.54) is 0 Å². The van der Waals surface area contributed by atoms with Crippen molar-refractivity contribution in [2.24, 2.45) is 0 Å². The van der Waals surface area contributed by atoms with E-state index in [-0.39, 0.29) is 0 Å². The monoisotopic (exact) mass is 230 g/mol. The van der Waals surface area contributed by atoms with E-state index in [0.29, 0.717) is 0 Å². The van der Waals surface area contributed by atoms with Crippen molar-refractivity contribution in [2.45, 2.75) is 0 Å². The summed E-state index contributed by atoms with van der Waals surface area (Å²) in [6.07, 6.45) is 0. The maximum absolute atomic E-state index is 10.3. The van der Waals surface area contributed by atoms with Gasteiger partial charge < -0.3 is 19.7 Å². The fourth-order valence-corrected chi connectivity index (χ4v) is 0.429. The Morgan fingerprint density at radius 1 is 0.812 bits per heavy atom. The van der Waals surface area contributed by atoms with Crippen molar-refractivity contribution in [3.63, 3.8) is 0 Å². The molecule has 0 bridgehead atoms. The van der Waals surface area contributed by atoms with E-state index < -0.39 is 37.1 Å². The zero-order valence-electron chi connectivity index (χ0n) is 7.76. The average molecular weight is 230 g/mol. The van der Waals surface area contributed by atoms with Gasteiger partial charge in [-0.3, -0.25) is 0 Å². The van der Waals surface area contributed by atoms with Crippen molar-refractivity contribution in [2.75, 3.05) is 13.2 Å². The zero-order valence-corrected chi connectivity index (χ0v) is 7.76. The Morgan fingerprint density at radius 3 is 1.38 bits per heavy atom. The molecular weight excluding hydrogens is 224 g/mol. The molecule has 16 heavy (non-hydrogen) atoms. The van der Waals surface area contributed by atoms with Gasteiger partial charge in [0.2, 0.25) is 0 Å². The fourth-order valence-electron chi connectivity index (χ4n) is 0.429. The van der Waals surface area contributed by atoms with Crippen molar-refractivity contribution in [3.8, 4) is 11.8 Å². The molecule has 0 aliphatic carbocycles. The number of hydrogen-bond donors (Lipinski definition) is 2. The minimum absolute atomic E-state index is 0.490. The summed E-state index contributed by atoms with van der Waals surface area (Å²) in [5, 5.41) is 16.1. The van der Waals surface area contributed by atoms with E-state index in [1.54, 1.807) is 0 Å². The van der Waals surface area contributed by atoms with Crippen LogP contribution < -0.4 is 0 Å². The first-order chi connectivity index (χ1) is 7.45. The van der Waals surface area contributed by atoms with E-state index in [1.807, 2.05) is 0 Å². The van der Waals surface area contributed by atoms with Gasteiger partial charge in [-0.25, -0.2) is 19.2 Å². The van der Waals surface area contributed by atoms with Gasteiger partial charge in [0.1, 0.15) is 0 Å². The SMILES string of the molecule is O=C(O)C(=O)OCC#CCOC(=O)C(=O)O. The molecule has 0 atom stereocenters. The van der Waals surface area contributed by atoms with Gasteiger partial charge in [0.15, 0.2) is 13.2 Å². The second kappa shape index (κ2) is 6.83. The van der Waals surface area contributed by atoms with Crippen LogP contribution in [0.1, 0.15) is 0 Å². The van der Waals surface area contributed by atoms with Crippen molar-refractivity contribution in [1.29, 1.82) is 0 Å². The lowest BCUT2D eigenvalue weighted by atomic mass is 10.6. The Kier molecular flexibility index (Phi) is 5.74. The highest BCUT2D eigenvalue weighted by molar-refractivity contribution is 6.29. The molecule has 0 aromatic heterocycles. The topological polar surface area (TPSA) is 127 Å². The van der Waals surface area contributed by atoms with Gasteiger partial charge in [-0.2, -0.15) is 0 Å². The van der Waals surface area contributed by atoms with Crippen LogP contribution in [0.5, 0.6) is 0 Å². The van der Waals surface area contributed by atoms with Crippen LogP contribution in [0.15, 0.2) is 0 Å². The Morgan fingerprint density at radius 2 is 1.12 bits per heavy atom. The summed E-state index contributed by atoms with van der Waals surface area (Å²) in [4.78, 5) is 40.5. The Labute approximate surface area is 88.8 Å². The van der Waals surface area contributed by atoms with Crippen LogP contribution in [-0.2, 0) is 28.7 Å². The van der Waals surface area contributed by atoms with E-state index in [2.05, 4.69) is 21.3 Å². The lowest BCUT2D eigenvalue weighted by Gasteiger charge is -1.94. The molecule has 2 N–H and O–H groups in total. The van der Waals surface area contributed by atoms with E-state index in [0.717, 1.165) is 0 Å². The van der Waals surface area contributed by atoms with Crippen molar-refractivity contribution < 1.29 is 38.9 Å². The van der Waals surface area contributed by atoms with Gasteiger partial charge in [-0.05, 0) is 0 Å². The molecule has 0 unspecified atom stereocenters. The van der Waals surface area contributed by atoms with Crippen LogP contribution in [0.3, 0.4) is 0 Å². The minimum atomic E-state index is -1.75. The number of ether oxygens (including phenoxy) is 2. The predicted molar refractivity (Wildman–Crippen MR) is 45.0 cm³/mol. The van der Waals surface area contributed by atoms with Crippen molar-refractivity contribution in [1.82, 2.24) is 0 Å². The highest BCUT2D eigenvalue weighted by Crippen LogP contribution is 1.79. The molecule has 0 aliphatic heterocycles. The van der Waals surface area contributed by atoms with E-state index in [9.17, 15) is 19.2 Å². The third kappa shape index (κ3) is 5.98. The molecule has 0 rings (SSSR count). The van der Waals surface area contributed by atoms with Crippen LogP contribution in [0.2, 0.25) is 0 Å². The Bertz CT molecular complexity index is 337. The smallest absolute Gasteiger partial charge is 0.418 e. The van der Waals surface area contributed by atoms with Crippen LogP contribution in [-0.4, -0.2) is 47.3 Å². The molecule has 86 valence electrons. The van der Waals surface area contributed by atoms with Gasteiger partial charge >= 0.3 is 23.9 Å². The highest BCUT2D eigenvalue weighted by Gasteiger charge is 2.12. The first-order valence-electron chi connectivity index (χ1n) is 3.71. The highest BCUT2D eigenvalue weighted by atomic mass is 16.6. The van der Waals surface area contributed by atoms with Gasteiger partial charge in [0.05, 0.1) is 0 Å². The lowest BCUT2D eigenvalue weighted by Crippen LogP contribution is -2.17. The lowest BCUT2D eigenvalue weighted by molar-refractivity contribution is -0.163. The molecule has 0 saturated carbocycles. The molecule has 0 aromatic carbocycles. The molecule has 0 amide bonds. The number of carboxylic acids is 2. The molecule has 0 saturated heterocycles. The number of carbonyl (C=O) groups excluding carboxylic acids is 2. The number of esters is 2. The summed E-state index contributed by atoms with van der Waals surface area (Å²) < 4.78 is 8.18. The Hall–Kier alpha value is -2.56. The first kappa shape index (κ1) is 13.4. The third-order valence-corrected chi connectivity index (χ3v) is 1.03. The van der Waals surface area contributed by atoms with Gasteiger partial charge in [-0.15, -0.1) is 0 Å². The van der Waals surface area contributed by atoms with Crippen molar-refractivity contribution in [3.05, 3.63) is 0 Å². The molecule has 0 radical (unpaired) electrons. The summed E-state index contributed by atoms with van der Waals surface area (Å²) in [5.41, 5.74) is 0. The van der Waals surface area contributed by atoms with Gasteiger partial charge in [-0.1, -0.05) is 11.8 Å². The number of aliphatic carboxylic acids is 2. The molecule has 0 aliphatic rings. The Balaban J connectivity index is 3.72. The quantitative estimate of drug-likeness (QED) is 0.324. The van der Waals surface area contributed by atoms with E-state index >= 15 is 0 Å². The molecule has 0 fully saturated rings. The molecule has 8 nitrogen and oxygen atoms in total. The van der Waals surface area contributed by atoms with Crippen LogP contribution in [0, 0.1) is 11.8 Å².